The van der Waals surface area contributed by atoms with E-state index in [0.29, 0.717) is 12.0 Å². The number of rotatable bonds is 6. The van der Waals surface area contributed by atoms with Crippen LogP contribution in [-0.4, -0.2) is 36.8 Å². The first-order valence-corrected chi connectivity index (χ1v) is 6.85. The Kier molecular flexibility index (Phi) is 5.92. The number of hydrogen-bond donors (Lipinski definition) is 1. The van der Waals surface area contributed by atoms with Crippen molar-refractivity contribution in [2.75, 3.05) is 19.6 Å². The van der Waals surface area contributed by atoms with Crippen LogP contribution in [0.3, 0.4) is 0 Å². The van der Waals surface area contributed by atoms with Crippen molar-refractivity contribution in [2.45, 2.75) is 51.7 Å². The highest BCUT2D eigenvalue weighted by molar-refractivity contribution is 4.82. The molecule has 0 bridgehead atoms. The standard InChI is InChI=1S/C13H25F3N2/c1-10(2)8-18(12-5-3-4-6-12)9-11(7-17)13(14,15)16/h10-12H,3-9,17H2,1-2H3. The largest absolute Gasteiger partial charge is 0.394 e. The molecule has 0 aromatic rings. The van der Waals surface area contributed by atoms with Crippen LogP contribution in [0.4, 0.5) is 13.2 Å². The summed E-state index contributed by atoms with van der Waals surface area (Å²) in [6.45, 7) is 4.57. The van der Waals surface area contributed by atoms with Crippen LogP contribution in [0.15, 0.2) is 0 Å². The number of nitrogens with two attached hydrogens (primary N) is 1. The molecular formula is C13H25F3N2. The van der Waals surface area contributed by atoms with Gasteiger partial charge < -0.3 is 5.73 Å². The molecule has 1 aliphatic rings. The maximum Gasteiger partial charge on any atom is 0.394 e. The van der Waals surface area contributed by atoms with Gasteiger partial charge in [-0.05, 0) is 18.8 Å². The molecule has 18 heavy (non-hydrogen) atoms. The topological polar surface area (TPSA) is 29.3 Å². The van der Waals surface area contributed by atoms with Gasteiger partial charge in [-0.15, -0.1) is 0 Å². The molecule has 1 atom stereocenters. The lowest BCUT2D eigenvalue weighted by molar-refractivity contribution is -0.177. The summed E-state index contributed by atoms with van der Waals surface area (Å²) in [7, 11) is 0. The maximum atomic E-state index is 12.8. The molecule has 2 N–H and O–H groups in total. The quantitative estimate of drug-likeness (QED) is 0.800. The van der Waals surface area contributed by atoms with Crippen molar-refractivity contribution < 1.29 is 13.2 Å². The molecular weight excluding hydrogens is 241 g/mol. The highest BCUT2D eigenvalue weighted by atomic mass is 19.4. The van der Waals surface area contributed by atoms with Crippen molar-refractivity contribution in [1.29, 1.82) is 0 Å². The lowest BCUT2D eigenvalue weighted by atomic mass is 10.0. The highest BCUT2D eigenvalue weighted by Crippen LogP contribution is 2.30. The van der Waals surface area contributed by atoms with Crippen molar-refractivity contribution >= 4 is 0 Å². The maximum absolute atomic E-state index is 12.8. The third-order valence-corrected chi connectivity index (χ3v) is 3.64. The van der Waals surface area contributed by atoms with Crippen molar-refractivity contribution in [3.63, 3.8) is 0 Å². The Morgan fingerprint density at radius 2 is 1.72 bits per heavy atom. The van der Waals surface area contributed by atoms with Crippen LogP contribution in [0.25, 0.3) is 0 Å². The van der Waals surface area contributed by atoms with Gasteiger partial charge in [-0.3, -0.25) is 4.90 Å². The normalized spacial score (nSPS) is 20.0. The first-order chi connectivity index (χ1) is 8.34. The molecule has 0 aromatic carbocycles. The molecule has 0 saturated heterocycles. The van der Waals surface area contributed by atoms with Gasteiger partial charge in [0.25, 0.3) is 0 Å². The van der Waals surface area contributed by atoms with Gasteiger partial charge in [0.1, 0.15) is 0 Å². The number of hydrogen-bond acceptors (Lipinski definition) is 2. The highest BCUT2D eigenvalue weighted by Gasteiger charge is 2.40. The van der Waals surface area contributed by atoms with E-state index in [2.05, 4.69) is 0 Å². The Morgan fingerprint density at radius 3 is 2.11 bits per heavy atom. The van der Waals surface area contributed by atoms with Crippen LogP contribution in [0.2, 0.25) is 0 Å². The predicted octanol–water partition coefficient (Wildman–Crippen LogP) is 3.02. The molecule has 2 nitrogen and oxygen atoms in total. The van der Waals surface area contributed by atoms with Crippen molar-refractivity contribution in [2.24, 2.45) is 17.6 Å². The summed E-state index contributed by atoms with van der Waals surface area (Å²) in [6, 6.07) is 0.323. The van der Waals surface area contributed by atoms with E-state index in [-0.39, 0.29) is 13.1 Å². The van der Waals surface area contributed by atoms with E-state index in [1.165, 1.54) is 0 Å². The van der Waals surface area contributed by atoms with Gasteiger partial charge >= 0.3 is 6.18 Å². The zero-order valence-electron chi connectivity index (χ0n) is 11.3. The molecule has 0 aliphatic heterocycles. The van der Waals surface area contributed by atoms with Crippen LogP contribution >= 0.6 is 0 Å². The van der Waals surface area contributed by atoms with Crippen molar-refractivity contribution in [3.05, 3.63) is 0 Å². The Bertz CT molecular complexity index is 235. The van der Waals surface area contributed by atoms with E-state index in [0.717, 1.165) is 32.2 Å². The van der Waals surface area contributed by atoms with Gasteiger partial charge in [0.15, 0.2) is 0 Å². The van der Waals surface area contributed by atoms with Crippen LogP contribution in [0, 0.1) is 11.8 Å². The fraction of sp³-hybridized carbons (Fsp3) is 1.00. The van der Waals surface area contributed by atoms with Gasteiger partial charge in [-0.1, -0.05) is 26.7 Å². The minimum absolute atomic E-state index is 0.0584. The molecule has 108 valence electrons. The number of halogens is 3. The number of nitrogens with zero attached hydrogens (tertiary/aromatic N) is 1. The molecule has 1 aliphatic carbocycles. The summed E-state index contributed by atoms with van der Waals surface area (Å²) >= 11 is 0. The average Bonchev–Trinajstić information content (AvgIpc) is 2.74. The van der Waals surface area contributed by atoms with Gasteiger partial charge in [0, 0.05) is 25.7 Å². The summed E-state index contributed by atoms with van der Waals surface area (Å²) in [5.74, 6) is -1.01. The molecule has 0 spiro atoms. The Labute approximate surface area is 108 Å². The van der Waals surface area contributed by atoms with Crippen molar-refractivity contribution in [3.8, 4) is 0 Å². The predicted molar refractivity (Wildman–Crippen MR) is 67.3 cm³/mol. The third-order valence-electron chi connectivity index (χ3n) is 3.64. The molecule has 0 radical (unpaired) electrons. The zero-order valence-corrected chi connectivity index (χ0v) is 11.3. The second kappa shape index (κ2) is 6.75. The SMILES string of the molecule is CC(C)CN(CC(CN)C(F)(F)F)C1CCCC1. The Hall–Kier alpha value is -0.290. The number of alkyl halides is 3. The fourth-order valence-corrected chi connectivity index (χ4v) is 2.71. The van der Waals surface area contributed by atoms with E-state index in [9.17, 15) is 13.2 Å². The molecule has 1 fully saturated rings. The van der Waals surface area contributed by atoms with E-state index in [4.69, 9.17) is 5.73 Å². The minimum Gasteiger partial charge on any atom is -0.330 e. The second-order valence-corrected chi connectivity index (χ2v) is 5.76. The molecule has 1 saturated carbocycles. The molecule has 0 amide bonds. The first kappa shape index (κ1) is 15.8. The molecule has 0 aromatic heterocycles. The van der Waals surface area contributed by atoms with Crippen molar-refractivity contribution in [1.82, 2.24) is 4.90 Å². The first-order valence-electron chi connectivity index (χ1n) is 6.85. The monoisotopic (exact) mass is 266 g/mol. The van der Waals surface area contributed by atoms with E-state index in [1.807, 2.05) is 18.7 Å². The lowest BCUT2D eigenvalue weighted by Crippen LogP contribution is -2.45. The lowest BCUT2D eigenvalue weighted by Gasteiger charge is -2.34. The minimum atomic E-state index is -4.18. The van der Waals surface area contributed by atoms with E-state index < -0.39 is 12.1 Å². The van der Waals surface area contributed by atoms with Gasteiger partial charge in [-0.25, -0.2) is 0 Å². The van der Waals surface area contributed by atoms with Gasteiger partial charge in [0.05, 0.1) is 5.92 Å². The van der Waals surface area contributed by atoms with Gasteiger partial charge in [-0.2, -0.15) is 13.2 Å². The fourth-order valence-electron chi connectivity index (χ4n) is 2.71. The zero-order chi connectivity index (χ0) is 13.8. The molecule has 1 rings (SSSR count). The molecule has 5 heteroatoms. The van der Waals surface area contributed by atoms with Crippen LogP contribution in [-0.2, 0) is 0 Å². The van der Waals surface area contributed by atoms with Crippen LogP contribution in [0.5, 0.6) is 0 Å². The summed E-state index contributed by atoms with van der Waals surface area (Å²) in [6.07, 6.45) is 0.156. The summed E-state index contributed by atoms with van der Waals surface area (Å²) < 4.78 is 38.4. The third kappa shape index (κ3) is 4.76. The van der Waals surface area contributed by atoms with E-state index in [1.54, 1.807) is 0 Å². The summed E-state index contributed by atoms with van der Waals surface area (Å²) in [4.78, 5) is 2.02. The smallest absolute Gasteiger partial charge is 0.330 e. The summed E-state index contributed by atoms with van der Waals surface area (Å²) in [5.41, 5.74) is 5.29. The van der Waals surface area contributed by atoms with Crippen LogP contribution in [0.1, 0.15) is 39.5 Å². The second-order valence-electron chi connectivity index (χ2n) is 5.76. The molecule has 1 unspecified atom stereocenters. The van der Waals surface area contributed by atoms with Crippen LogP contribution < -0.4 is 5.73 Å². The Morgan fingerprint density at radius 1 is 1.17 bits per heavy atom. The van der Waals surface area contributed by atoms with Gasteiger partial charge in [0.2, 0.25) is 0 Å². The molecule has 0 heterocycles. The average molecular weight is 266 g/mol. The summed E-state index contributed by atoms with van der Waals surface area (Å²) in [5, 5.41) is 0. The van der Waals surface area contributed by atoms with E-state index >= 15 is 0 Å². The Balaban J connectivity index is 2.64.